The van der Waals surface area contributed by atoms with Gasteiger partial charge in [0.15, 0.2) is 0 Å². The molecule has 0 rings (SSSR count). The summed E-state index contributed by atoms with van der Waals surface area (Å²) >= 11 is 0. The minimum Gasteiger partial charge on any atom is -0.389 e. The molecule has 0 amide bonds. The van der Waals surface area contributed by atoms with Crippen LogP contribution in [-0.2, 0) is 0 Å². The Balaban J connectivity index is 5.02. The first-order valence-electron chi connectivity index (χ1n) is 8.94. The van der Waals surface area contributed by atoms with E-state index >= 15 is 0 Å². The lowest BCUT2D eigenvalue weighted by Crippen LogP contribution is -2.00. The number of nitrogens with one attached hydrogen (secondary N) is 1. The van der Waals surface area contributed by atoms with E-state index in [0.717, 1.165) is 22.7 Å². The van der Waals surface area contributed by atoms with E-state index < -0.39 is 0 Å². The van der Waals surface area contributed by atoms with Crippen LogP contribution in [0.1, 0.15) is 27.7 Å². The van der Waals surface area contributed by atoms with Gasteiger partial charge in [-0.05, 0) is 58.1 Å². The predicted molar refractivity (Wildman–Crippen MR) is 121 cm³/mol. The Morgan fingerprint density at radius 3 is 1.50 bits per heavy atom. The van der Waals surface area contributed by atoms with Gasteiger partial charge in [-0.3, -0.25) is 0 Å². The van der Waals surface area contributed by atoms with Crippen LogP contribution in [0.15, 0.2) is 129 Å². The Morgan fingerprint density at radius 1 is 0.643 bits per heavy atom. The van der Waals surface area contributed by atoms with Gasteiger partial charge >= 0.3 is 0 Å². The quantitative estimate of drug-likeness (QED) is 0.303. The van der Waals surface area contributed by atoms with E-state index in [9.17, 15) is 0 Å². The molecule has 0 spiro atoms. The highest BCUT2D eigenvalue weighted by Crippen LogP contribution is 2.10. The molecule has 5 nitrogen and oxygen atoms in total. The van der Waals surface area contributed by atoms with Crippen molar-refractivity contribution in [2.24, 2.45) is 20.5 Å². The monoisotopic (exact) mass is 377 g/mol. The van der Waals surface area contributed by atoms with Gasteiger partial charge in [0.25, 0.3) is 0 Å². The van der Waals surface area contributed by atoms with E-state index in [1.54, 1.807) is 12.2 Å². The SMILES string of the molecule is C=C(C)/C=C\C(=CC)N=NC(=C)\C=C/C(=C\C)/N=N\C(\C=C/C(=C)NC)=C\C. The number of nitrogens with zero attached hydrogens (tertiary/aromatic N) is 4. The molecule has 0 aliphatic carbocycles. The van der Waals surface area contributed by atoms with Crippen LogP contribution in [-0.4, -0.2) is 7.05 Å². The second kappa shape index (κ2) is 14.8. The molecule has 28 heavy (non-hydrogen) atoms. The fourth-order valence-corrected chi connectivity index (χ4v) is 1.51. The lowest BCUT2D eigenvalue weighted by Gasteiger charge is -1.97. The first kappa shape index (κ1) is 24.7. The molecule has 0 aromatic rings. The first-order chi connectivity index (χ1) is 13.4. The van der Waals surface area contributed by atoms with Gasteiger partial charge in [-0.25, -0.2) is 0 Å². The lowest BCUT2D eigenvalue weighted by atomic mass is 10.3. The summed E-state index contributed by atoms with van der Waals surface area (Å²) in [5.41, 5.74) is 4.39. The average Bonchev–Trinajstić information content (AvgIpc) is 2.69. The second-order valence-electron chi connectivity index (χ2n) is 5.65. The van der Waals surface area contributed by atoms with Crippen LogP contribution in [0.4, 0.5) is 0 Å². The van der Waals surface area contributed by atoms with E-state index in [1.165, 1.54) is 0 Å². The molecule has 0 unspecified atom stereocenters. The van der Waals surface area contributed by atoms with Gasteiger partial charge in [0.2, 0.25) is 0 Å². The van der Waals surface area contributed by atoms with Crippen LogP contribution < -0.4 is 5.32 Å². The molecule has 0 saturated carbocycles. The van der Waals surface area contributed by atoms with Crippen molar-refractivity contribution in [2.45, 2.75) is 27.7 Å². The Bertz CT molecular complexity index is 797. The van der Waals surface area contributed by atoms with Crippen molar-refractivity contribution < 1.29 is 0 Å². The molecule has 0 heterocycles. The largest absolute Gasteiger partial charge is 0.389 e. The molecule has 0 aromatic carbocycles. The maximum atomic E-state index is 4.23. The number of azo groups is 2. The Hall–Kier alpha value is -3.34. The summed E-state index contributed by atoms with van der Waals surface area (Å²) in [6.45, 7) is 19.1. The summed E-state index contributed by atoms with van der Waals surface area (Å²) in [6, 6.07) is 0. The first-order valence-corrected chi connectivity index (χ1v) is 8.94. The molecule has 0 fully saturated rings. The standard InChI is InChI=1S/C23H31N5/c1-9-21(15-12-18(4)5)26-25-20(7)14-17-23(11-3)28-27-22(10-2)16-13-19(6)24-8/h9-17,24H,4,6-7H2,1-3,5,8H3/b15-12-,16-13-,17-14-,21-9?,22-10+,23-11+,26-25?,28-27-. The molecule has 0 atom stereocenters. The maximum Gasteiger partial charge on any atom is 0.0815 e. The average molecular weight is 378 g/mol. The molecule has 148 valence electrons. The summed E-state index contributed by atoms with van der Waals surface area (Å²) in [6.07, 6.45) is 16.5. The van der Waals surface area contributed by atoms with Gasteiger partial charge in [-0.1, -0.05) is 49.6 Å². The third-order valence-electron chi connectivity index (χ3n) is 3.22. The molecular formula is C23H31N5. The van der Waals surface area contributed by atoms with E-state index in [4.69, 9.17) is 0 Å². The van der Waals surface area contributed by atoms with Crippen molar-refractivity contribution in [3.63, 3.8) is 0 Å². The van der Waals surface area contributed by atoms with Crippen molar-refractivity contribution in [1.82, 2.24) is 5.32 Å². The van der Waals surface area contributed by atoms with Crippen molar-refractivity contribution in [1.29, 1.82) is 0 Å². The molecule has 0 aliphatic rings. The molecule has 5 heteroatoms. The number of likely N-dealkylation sites (N-methyl/N-ethyl adjacent to an activating group) is 1. The van der Waals surface area contributed by atoms with E-state index in [1.807, 2.05) is 77.3 Å². The molecular weight excluding hydrogens is 346 g/mol. The molecule has 0 radical (unpaired) electrons. The molecule has 1 N–H and O–H groups in total. The fraction of sp³-hybridized carbons (Fsp3) is 0.217. The number of allylic oxidation sites excluding steroid dienone is 10. The number of rotatable bonds is 11. The van der Waals surface area contributed by atoms with E-state index in [-0.39, 0.29) is 0 Å². The van der Waals surface area contributed by atoms with E-state index in [0.29, 0.717) is 11.4 Å². The Morgan fingerprint density at radius 2 is 1.07 bits per heavy atom. The van der Waals surface area contributed by atoms with Crippen molar-refractivity contribution >= 4 is 0 Å². The second-order valence-corrected chi connectivity index (χ2v) is 5.65. The summed E-state index contributed by atoms with van der Waals surface area (Å²) in [5, 5.41) is 19.7. The van der Waals surface area contributed by atoms with Crippen LogP contribution in [0.2, 0.25) is 0 Å². The summed E-state index contributed by atoms with van der Waals surface area (Å²) < 4.78 is 0. The van der Waals surface area contributed by atoms with Crippen LogP contribution in [0.5, 0.6) is 0 Å². The van der Waals surface area contributed by atoms with Crippen LogP contribution in [0.25, 0.3) is 0 Å². The highest BCUT2D eigenvalue weighted by atomic mass is 15.1. The molecule has 0 bridgehead atoms. The van der Waals surface area contributed by atoms with Gasteiger partial charge in [0.1, 0.15) is 0 Å². The zero-order chi connectivity index (χ0) is 21.4. The third-order valence-corrected chi connectivity index (χ3v) is 3.22. The predicted octanol–water partition coefficient (Wildman–Crippen LogP) is 7.09. The highest BCUT2D eigenvalue weighted by molar-refractivity contribution is 5.27. The molecule has 0 saturated heterocycles. The minimum atomic E-state index is 0.508. The molecule has 0 aliphatic heterocycles. The fourth-order valence-electron chi connectivity index (χ4n) is 1.51. The Kier molecular flexibility index (Phi) is 13.0. The number of hydrogen-bond acceptors (Lipinski definition) is 5. The van der Waals surface area contributed by atoms with Gasteiger partial charge < -0.3 is 5.32 Å². The van der Waals surface area contributed by atoms with Gasteiger partial charge in [-0.15, -0.1) is 0 Å². The topological polar surface area (TPSA) is 61.5 Å². The van der Waals surface area contributed by atoms with Crippen LogP contribution in [0, 0.1) is 0 Å². The normalized spacial score (nSPS) is 14.2. The van der Waals surface area contributed by atoms with Crippen molar-refractivity contribution in [3.05, 3.63) is 108 Å². The van der Waals surface area contributed by atoms with Crippen molar-refractivity contribution in [3.8, 4) is 0 Å². The summed E-state index contributed by atoms with van der Waals surface area (Å²) in [7, 11) is 1.81. The van der Waals surface area contributed by atoms with Gasteiger partial charge in [0, 0.05) is 12.7 Å². The summed E-state index contributed by atoms with van der Waals surface area (Å²) in [5.74, 6) is 0. The number of hydrogen-bond donors (Lipinski definition) is 1. The van der Waals surface area contributed by atoms with E-state index in [2.05, 4.69) is 45.5 Å². The third kappa shape index (κ3) is 12.1. The Labute approximate surface area is 169 Å². The highest BCUT2D eigenvalue weighted by Gasteiger charge is 1.92. The lowest BCUT2D eigenvalue weighted by molar-refractivity contribution is 1.04. The van der Waals surface area contributed by atoms with Gasteiger partial charge in [-0.2, -0.15) is 20.5 Å². The van der Waals surface area contributed by atoms with Crippen LogP contribution in [0.3, 0.4) is 0 Å². The maximum absolute atomic E-state index is 4.23. The minimum absolute atomic E-state index is 0.508. The van der Waals surface area contributed by atoms with Crippen molar-refractivity contribution in [2.75, 3.05) is 7.05 Å². The zero-order valence-electron chi connectivity index (χ0n) is 17.6. The zero-order valence-corrected chi connectivity index (χ0v) is 17.6. The smallest absolute Gasteiger partial charge is 0.0815 e. The summed E-state index contributed by atoms with van der Waals surface area (Å²) in [4.78, 5) is 0. The molecule has 0 aromatic heterocycles. The van der Waals surface area contributed by atoms with Crippen LogP contribution >= 0.6 is 0 Å². The van der Waals surface area contributed by atoms with Gasteiger partial charge in [0.05, 0.1) is 22.8 Å².